The molecule has 0 aromatic heterocycles. The average molecular weight is 441 g/mol. The first-order valence-corrected chi connectivity index (χ1v) is 11.1. The molecule has 0 unspecified atom stereocenters. The van der Waals surface area contributed by atoms with Gasteiger partial charge in [0.1, 0.15) is 11.5 Å². The maximum absolute atomic E-state index is 12.7. The Morgan fingerprint density at radius 3 is 2.32 bits per heavy atom. The van der Waals surface area contributed by atoms with Gasteiger partial charge in [-0.2, -0.15) is 0 Å². The van der Waals surface area contributed by atoms with Crippen molar-refractivity contribution in [3.8, 4) is 11.5 Å². The van der Waals surface area contributed by atoms with Crippen molar-refractivity contribution in [2.45, 2.75) is 45.3 Å². The van der Waals surface area contributed by atoms with Crippen molar-refractivity contribution in [3.63, 3.8) is 0 Å². The summed E-state index contributed by atoms with van der Waals surface area (Å²) >= 11 is 1.62. The zero-order chi connectivity index (χ0) is 23.0. The highest BCUT2D eigenvalue weighted by Crippen LogP contribution is 2.40. The number of thioether (sulfide) groups is 1. The molecule has 0 spiro atoms. The Labute approximate surface area is 188 Å². The average Bonchev–Trinajstić information content (AvgIpc) is 2.76. The lowest BCUT2D eigenvalue weighted by molar-refractivity contribution is 0.0648. The van der Waals surface area contributed by atoms with Crippen molar-refractivity contribution in [1.29, 1.82) is 0 Å². The molecular weight excluding hydrogens is 412 g/mol. The van der Waals surface area contributed by atoms with Gasteiger partial charge in [0.2, 0.25) is 0 Å². The predicted molar refractivity (Wildman–Crippen MR) is 125 cm³/mol. The van der Waals surface area contributed by atoms with Crippen LogP contribution in [0.1, 0.15) is 46.5 Å². The fourth-order valence-electron chi connectivity index (χ4n) is 3.19. The molecule has 0 saturated heterocycles. The second-order valence-electron chi connectivity index (χ2n) is 7.14. The van der Waals surface area contributed by atoms with Crippen LogP contribution in [-0.4, -0.2) is 31.2 Å². The van der Waals surface area contributed by atoms with E-state index in [-0.39, 0.29) is 11.9 Å². The molecule has 0 bridgehead atoms. The summed E-state index contributed by atoms with van der Waals surface area (Å²) in [6.07, 6.45) is 6.12. The molecule has 0 radical (unpaired) electrons. The Bertz CT molecular complexity index is 1000. The highest BCUT2D eigenvalue weighted by Gasteiger charge is 2.21. The number of hydrogen-bond acceptors (Lipinski definition) is 6. The van der Waals surface area contributed by atoms with Gasteiger partial charge >= 0.3 is 0 Å². The van der Waals surface area contributed by atoms with E-state index in [0.717, 1.165) is 27.8 Å². The number of carbonyl (C=O) groups excluding carboxylic acids is 2. The molecular formula is C25H28O5S. The molecule has 31 heavy (non-hydrogen) atoms. The number of ketones is 1. The topological polar surface area (TPSA) is 61.8 Å². The highest BCUT2D eigenvalue weighted by atomic mass is 32.2. The first kappa shape index (κ1) is 24.5. The van der Waals surface area contributed by atoms with E-state index in [0.29, 0.717) is 29.2 Å². The van der Waals surface area contributed by atoms with E-state index in [1.807, 2.05) is 46.1 Å². The summed E-state index contributed by atoms with van der Waals surface area (Å²) in [4.78, 5) is 24.6. The third-order valence-electron chi connectivity index (χ3n) is 4.84. The smallest absolute Gasteiger partial charge is 0.185 e. The van der Waals surface area contributed by atoms with Crippen LogP contribution in [0.4, 0.5) is 0 Å². The van der Waals surface area contributed by atoms with Gasteiger partial charge in [0, 0.05) is 10.5 Å². The predicted octanol–water partition coefficient (Wildman–Crippen LogP) is 5.58. The van der Waals surface area contributed by atoms with Crippen LogP contribution in [0, 0.1) is 13.8 Å². The van der Waals surface area contributed by atoms with Crippen molar-refractivity contribution in [2.24, 2.45) is 0 Å². The van der Waals surface area contributed by atoms with E-state index in [9.17, 15) is 9.59 Å². The second-order valence-corrected chi connectivity index (χ2v) is 8.02. The van der Waals surface area contributed by atoms with Gasteiger partial charge in [-0.25, -0.2) is 4.79 Å². The number of allylic oxidation sites excluding steroid dienone is 1. The Balaban J connectivity index is 2.53. The van der Waals surface area contributed by atoms with Gasteiger partial charge in [-0.05, 0) is 87.1 Å². The summed E-state index contributed by atoms with van der Waals surface area (Å²) in [7, 11) is 1.56. The molecule has 0 aliphatic heterocycles. The van der Waals surface area contributed by atoms with Crippen molar-refractivity contribution >= 4 is 29.6 Å². The molecule has 2 rings (SSSR count). The molecule has 0 atom stereocenters. The van der Waals surface area contributed by atoms with Gasteiger partial charge in [0.05, 0.1) is 25.4 Å². The molecule has 5 nitrogen and oxygen atoms in total. The zero-order valence-corrected chi connectivity index (χ0v) is 19.6. The molecule has 2 aromatic carbocycles. The Morgan fingerprint density at radius 1 is 1.13 bits per heavy atom. The van der Waals surface area contributed by atoms with Crippen LogP contribution >= 0.6 is 11.8 Å². The lowest BCUT2D eigenvalue weighted by Crippen LogP contribution is -2.08. The molecule has 0 amide bonds. The van der Waals surface area contributed by atoms with Crippen LogP contribution in [0.25, 0.3) is 6.08 Å². The van der Waals surface area contributed by atoms with Crippen molar-refractivity contribution < 1.29 is 23.8 Å². The standard InChI is InChI=1S/C25H28O5S/c1-16(2)30-15-22-17(3)24(28-5)21(25(18(22)4)29-14-13-26)11-12-23(27)19-7-9-20(31-6)10-8-19/h7-12,14,16H,15H2,1-6H3. The summed E-state index contributed by atoms with van der Waals surface area (Å²) in [6, 6.07) is 7.41. The molecule has 0 aliphatic carbocycles. The largest absolute Gasteiger partial charge is 0.496 e. The van der Waals surface area contributed by atoms with E-state index in [1.54, 1.807) is 43.0 Å². The third-order valence-corrected chi connectivity index (χ3v) is 5.59. The molecule has 0 heterocycles. The molecule has 0 aliphatic rings. The van der Waals surface area contributed by atoms with Crippen molar-refractivity contribution in [1.82, 2.24) is 0 Å². The van der Waals surface area contributed by atoms with Gasteiger partial charge in [-0.3, -0.25) is 4.79 Å². The van der Waals surface area contributed by atoms with Gasteiger partial charge in [-0.1, -0.05) is 0 Å². The summed E-state index contributed by atoms with van der Waals surface area (Å²) in [5, 5.41) is 0. The number of carbonyl (C=O) groups is 1. The molecule has 0 saturated carbocycles. The molecule has 2 aromatic rings. The maximum atomic E-state index is 12.7. The Morgan fingerprint density at radius 2 is 1.77 bits per heavy atom. The summed E-state index contributed by atoms with van der Waals surface area (Å²) in [5.41, 5.74) is 3.77. The van der Waals surface area contributed by atoms with Crippen LogP contribution in [0.15, 0.2) is 41.5 Å². The Hall–Kier alpha value is -2.79. The normalized spacial score (nSPS) is 10.9. The number of hydrogen-bond donors (Lipinski definition) is 0. The maximum Gasteiger partial charge on any atom is 0.185 e. The van der Waals surface area contributed by atoms with Crippen LogP contribution < -0.4 is 9.47 Å². The molecule has 0 fully saturated rings. The van der Waals surface area contributed by atoms with E-state index < -0.39 is 0 Å². The highest BCUT2D eigenvalue weighted by molar-refractivity contribution is 7.98. The van der Waals surface area contributed by atoms with Crippen LogP contribution in [0.2, 0.25) is 0 Å². The first-order chi connectivity index (χ1) is 14.8. The lowest BCUT2D eigenvalue weighted by atomic mass is 9.95. The fourth-order valence-corrected chi connectivity index (χ4v) is 3.60. The van der Waals surface area contributed by atoms with Gasteiger partial charge in [-0.15, -0.1) is 11.8 Å². The monoisotopic (exact) mass is 440 g/mol. The SMILES string of the molecule is COc1c(C)c(COC(C)C)c(C)c(OC=C=O)c1C=CC(=O)c1ccc(SC)cc1. The van der Waals surface area contributed by atoms with E-state index in [2.05, 4.69) is 0 Å². The Kier molecular flexibility index (Phi) is 9.13. The third kappa shape index (κ3) is 6.11. The number of benzene rings is 2. The van der Waals surface area contributed by atoms with Crippen molar-refractivity contribution in [3.05, 3.63) is 64.4 Å². The minimum absolute atomic E-state index is 0.0544. The summed E-state index contributed by atoms with van der Waals surface area (Å²) in [6.45, 7) is 8.12. The second kappa shape index (κ2) is 11.6. The molecule has 0 N–H and O–H groups in total. The number of methoxy groups -OCH3 is 1. The van der Waals surface area contributed by atoms with Gasteiger partial charge < -0.3 is 14.2 Å². The van der Waals surface area contributed by atoms with E-state index in [1.165, 1.54) is 6.08 Å². The quantitative estimate of drug-likeness (QED) is 0.158. The van der Waals surface area contributed by atoms with Crippen LogP contribution in [0.5, 0.6) is 11.5 Å². The minimum Gasteiger partial charge on any atom is -0.496 e. The fraction of sp³-hybridized carbons (Fsp3) is 0.320. The van der Waals surface area contributed by atoms with Gasteiger partial charge in [0.15, 0.2) is 18.0 Å². The molecule has 6 heteroatoms. The van der Waals surface area contributed by atoms with E-state index in [4.69, 9.17) is 14.2 Å². The summed E-state index contributed by atoms with van der Waals surface area (Å²) in [5.74, 6) is 2.47. The number of ether oxygens (including phenoxy) is 3. The molecule has 164 valence electrons. The van der Waals surface area contributed by atoms with Gasteiger partial charge in [0.25, 0.3) is 0 Å². The van der Waals surface area contributed by atoms with Crippen LogP contribution in [-0.2, 0) is 16.1 Å². The number of rotatable bonds is 10. The van der Waals surface area contributed by atoms with E-state index >= 15 is 0 Å². The first-order valence-electron chi connectivity index (χ1n) is 9.88. The lowest BCUT2D eigenvalue weighted by Gasteiger charge is -2.21. The van der Waals surface area contributed by atoms with Crippen LogP contribution in [0.3, 0.4) is 0 Å². The van der Waals surface area contributed by atoms with Crippen molar-refractivity contribution in [2.75, 3.05) is 13.4 Å². The zero-order valence-electron chi connectivity index (χ0n) is 18.8. The minimum atomic E-state index is -0.144. The summed E-state index contributed by atoms with van der Waals surface area (Å²) < 4.78 is 17.0.